The minimum atomic E-state index is -0.518. The molecule has 134 valence electrons. The first-order valence-corrected chi connectivity index (χ1v) is 9.33. The highest BCUT2D eigenvalue weighted by Gasteiger charge is 2.20. The van der Waals surface area contributed by atoms with Crippen molar-refractivity contribution in [2.45, 2.75) is 17.3 Å². The lowest BCUT2D eigenvalue weighted by molar-refractivity contribution is -0.115. The predicted octanol–water partition coefficient (Wildman–Crippen LogP) is 1.94. The number of hydrogen-bond donors (Lipinski definition) is 3. The van der Waals surface area contributed by atoms with Gasteiger partial charge in [-0.05, 0) is 42.6 Å². The molecular weight excluding hydrogens is 372 g/mol. The molecule has 8 nitrogen and oxygen atoms in total. The highest BCUT2D eigenvalue weighted by atomic mass is 32.2. The van der Waals surface area contributed by atoms with E-state index in [1.165, 1.54) is 27.8 Å². The van der Waals surface area contributed by atoms with Crippen molar-refractivity contribution in [1.82, 2.24) is 14.9 Å². The molecule has 0 radical (unpaired) electrons. The lowest BCUT2D eigenvalue weighted by Gasteiger charge is -2.11. The molecule has 0 unspecified atom stereocenters. The van der Waals surface area contributed by atoms with Crippen LogP contribution in [0.4, 0.5) is 5.69 Å². The number of nitrogens with one attached hydrogen (secondary N) is 1. The molecule has 3 aromatic rings. The quantitative estimate of drug-likeness (QED) is 0.437. The smallest absolute Gasteiger partial charge is 0.248 e. The maximum Gasteiger partial charge on any atom is 0.248 e. The number of carbonyl (C=O) groups excluding carboxylic acids is 2. The fraction of sp³-hybridized carbons (Fsp3) is 0.125. The molecule has 0 saturated carbocycles. The van der Waals surface area contributed by atoms with Crippen LogP contribution < -0.4 is 16.9 Å². The highest BCUT2D eigenvalue weighted by molar-refractivity contribution is 8.00. The fourth-order valence-corrected chi connectivity index (χ4v) is 3.58. The third-order valence-corrected chi connectivity index (χ3v) is 5.42. The van der Waals surface area contributed by atoms with Crippen molar-refractivity contribution in [3.05, 3.63) is 47.3 Å². The summed E-state index contributed by atoms with van der Waals surface area (Å²) in [6.45, 7) is 1.75. The Labute approximate surface area is 157 Å². The number of rotatable bonds is 6. The van der Waals surface area contributed by atoms with Crippen molar-refractivity contribution in [3.63, 3.8) is 0 Å². The topological polar surface area (TPSA) is 129 Å². The molecule has 1 atom stereocenters. The van der Waals surface area contributed by atoms with E-state index in [4.69, 9.17) is 11.6 Å². The molecule has 3 rings (SSSR count). The van der Waals surface area contributed by atoms with Crippen LogP contribution in [0.1, 0.15) is 17.3 Å². The molecule has 26 heavy (non-hydrogen) atoms. The number of nitrogen functional groups attached to an aromatic ring is 1. The monoisotopic (exact) mass is 388 g/mol. The van der Waals surface area contributed by atoms with Crippen LogP contribution in [-0.2, 0) is 4.79 Å². The van der Waals surface area contributed by atoms with E-state index < -0.39 is 11.2 Å². The number of carbonyl (C=O) groups is 2. The van der Waals surface area contributed by atoms with E-state index in [1.807, 2.05) is 17.5 Å². The summed E-state index contributed by atoms with van der Waals surface area (Å²) in [4.78, 5) is 24.3. The average Bonchev–Trinajstić information content (AvgIpc) is 3.26. The second-order valence-electron chi connectivity index (χ2n) is 5.34. The van der Waals surface area contributed by atoms with Gasteiger partial charge in [0.2, 0.25) is 17.0 Å². The number of nitrogens with two attached hydrogens (primary N) is 2. The van der Waals surface area contributed by atoms with Crippen LogP contribution in [0.5, 0.6) is 0 Å². The Morgan fingerprint density at radius 1 is 1.23 bits per heavy atom. The second-order valence-corrected chi connectivity index (χ2v) is 7.60. The van der Waals surface area contributed by atoms with E-state index >= 15 is 0 Å². The third kappa shape index (κ3) is 3.86. The zero-order valence-corrected chi connectivity index (χ0v) is 15.4. The Balaban J connectivity index is 1.65. The Morgan fingerprint density at radius 2 is 1.96 bits per heavy atom. The average molecular weight is 388 g/mol. The molecule has 0 spiro atoms. The summed E-state index contributed by atoms with van der Waals surface area (Å²) in [5, 5.41) is 12.8. The van der Waals surface area contributed by atoms with E-state index in [0.717, 1.165) is 4.88 Å². The van der Waals surface area contributed by atoms with Gasteiger partial charge in [-0.1, -0.05) is 17.8 Å². The first-order chi connectivity index (χ1) is 12.5. The first kappa shape index (κ1) is 18.0. The molecule has 2 amide bonds. The van der Waals surface area contributed by atoms with E-state index in [2.05, 4.69) is 15.5 Å². The van der Waals surface area contributed by atoms with E-state index in [9.17, 15) is 9.59 Å². The molecule has 0 saturated heterocycles. The van der Waals surface area contributed by atoms with E-state index in [-0.39, 0.29) is 5.91 Å². The summed E-state index contributed by atoms with van der Waals surface area (Å²) in [7, 11) is 0. The molecule has 0 bridgehead atoms. The molecule has 0 aliphatic heterocycles. The number of nitrogens with zero attached hydrogens (tertiary/aromatic N) is 3. The molecule has 0 fully saturated rings. The first-order valence-electron chi connectivity index (χ1n) is 7.57. The Kier molecular flexibility index (Phi) is 5.24. The predicted molar refractivity (Wildman–Crippen MR) is 102 cm³/mol. The molecule has 2 heterocycles. The van der Waals surface area contributed by atoms with E-state index in [1.54, 1.807) is 31.2 Å². The Bertz CT molecular complexity index is 921. The van der Waals surface area contributed by atoms with Gasteiger partial charge in [-0.25, -0.2) is 4.68 Å². The van der Waals surface area contributed by atoms with Crippen LogP contribution in [0.25, 0.3) is 10.7 Å². The summed E-state index contributed by atoms with van der Waals surface area (Å²) in [6.07, 6.45) is 0. The minimum Gasteiger partial charge on any atom is -0.366 e. The second kappa shape index (κ2) is 7.58. The number of thioether (sulfide) groups is 1. The van der Waals surface area contributed by atoms with Crippen molar-refractivity contribution in [3.8, 4) is 10.7 Å². The van der Waals surface area contributed by atoms with Crippen LogP contribution in [0.2, 0.25) is 0 Å². The van der Waals surface area contributed by atoms with Crippen molar-refractivity contribution in [1.29, 1.82) is 0 Å². The SMILES string of the molecule is C[C@H](Sc1nnc(-c2cccs2)n1N)C(=O)Nc1ccc(C(N)=O)cc1. The maximum atomic E-state index is 12.4. The van der Waals surface area contributed by atoms with Gasteiger partial charge in [-0.2, -0.15) is 0 Å². The normalized spacial score (nSPS) is 11.9. The van der Waals surface area contributed by atoms with Crippen molar-refractivity contribution < 1.29 is 9.59 Å². The van der Waals surface area contributed by atoms with Crippen molar-refractivity contribution >= 4 is 40.6 Å². The third-order valence-electron chi connectivity index (χ3n) is 3.49. The van der Waals surface area contributed by atoms with Crippen molar-refractivity contribution in [2.24, 2.45) is 5.73 Å². The van der Waals surface area contributed by atoms with Gasteiger partial charge in [0.1, 0.15) is 0 Å². The lowest BCUT2D eigenvalue weighted by atomic mass is 10.2. The Hall–Kier alpha value is -2.85. The zero-order valence-electron chi connectivity index (χ0n) is 13.7. The molecule has 10 heteroatoms. The van der Waals surface area contributed by atoms with Crippen LogP contribution in [-0.4, -0.2) is 31.9 Å². The number of aromatic nitrogens is 3. The standard InChI is InChI=1S/C16H16N6O2S2/c1-9(15(24)19-11-6-4-10(5-7-11)13(17)23)26-16-21-20-14(22(16)18)12-3-2-8-25-12/h2-9H,18H2,1H3,(H2,17,23)(H,19,24)/t9-/m0/s1. The number of benzene rings is 1. The zero-order chi connectivity index (χ0) is 18.7. The number of primary amides is 1. The molecular formula is C16H16N6O2S2. The van der Waals surface area contributed by atoms with Crippen LogP contribution >= 0.6 is 23.1 Å². The molecule has 2 aromatic heterocycles. The Morgan fingerprint density at radius 3 is 2.58 bits per heavy atom. The molecule has 5 N–H and O–H groups in total. The van der Waals surface area contributed by atoms with Gasteiger partial charge < -0.3 is 16.9 Å². The van der Waals surface area contributed by atoms with Gasteiger partial charge in [0, 0.05) is 11.3 Å². The number of amides is 2. The fourth-order valence-electron chi connectivity index (χ4n) is 2.10. The van der Waals surface area contributed by atoms with Gasteiger partial charge in [-0.3, -0.25) is 9.59 Å². The van der Waals surface area contributed by atoms with Crippen LogP contribution in [0, 0.1) is 0 Å². The summed E-state index contributed by atoms with van der Waals surface area (Å²) in [5.41, 5.74) is 6.14. The summed E-state index contributed by atoms with van der Waals surface area (Å²) >= 11 is 2.72. The number of hydrogen-bond acceptors (Lipinski definition) is 7. The van der Waals surface area contributed by atoms with Gasteiger partial charge in [-0.15, -0.1) is 21.5 Å². The van der Waals surface area contributed by atoms with Crippen LogP contribution in [0.3, 0.4) is 0 Å². The number of thiophene rings is 1. The lowest BCUT2D eigenvalue weighted by Crippen LogP contribution is -2.23. The van der Waals surface area contributed by atoms with Gasteiger partial charge >= 0.3 is 0 Å². The molecule has 1 aromatic carbocycles. The summed E-state index contributed by atoms with van der Waals surface area (Å²) in [5.74, 6) is 5.86. The van der Waals surface area contributed by atoms with Crippen molar-refractivity contribution in [2.75, 3.05) is 11.2 Å². The van der Waals surface area contributed by atoms with Gasteiger partial charge in [0.05, 0.1) is 10.1 Å². The summed E-state index contributed by atoms with van der Waals surface area (Å²) < 4.78 is 1.38. The minimum absolute atomic E-state index is 0.220. The van der Waals surface area contributed by atoms with Gasteiger partial charge in [0.15, 0.2) is 5.82 Å². The molecule has 0 aliphatic carbocycles. The highest BCUT2D eigenvalue weighted by Crippen LogP contribution is 2.27. The number of anilines is 1. The van der Waals surface area contributed by atoms with Crippen LogP contribution in [0.15, 0.2) is 46.9 Å². The van der Waals surface area contributed by atoms with Gasteiger partial charge in [0.25, 0.3) is 0 Å². The van der Waals surface area contributed by atoms with E-state index in [0.29, 0.717) is 22.2 Å². The largest absolute Gasteiger partial charge is 0.366 e. The maximum absolute atomic E-state index is 12.4. The summed E-state index contributed by atoms with van der Waals surface area (Å²) in [6, 6.07) is 10.2. The molecule has 0 aliphatic rings.